The Kier molecular flexibility index (Phi) is 6.75. The Bertz CT molecular complexity index is 972. The first-order valence-corrected chi connectivity index (χ1v) is 12.6. The molecule has 4 nitrogen and oxygen atoms in total. The summed E-state index contributed by atoms with van der Waals surface area (Å²) in [6.07, 6.45) is 8.62. The molecule has 2 saturated heterocycles. The van der Waals surface area contributed by atoms with Gasteiger partial charge in [-0.2, -0.15) is 0 Å². The molecular formula is C29H36O4. The molecule has 2 aromatic carbocycles. The fourth-order valence-corrected chi connectivity index (χ4v) is 4.92. The van der Waals surface area contributed by atoms with Crippen LogP contribution in [0.5, 0.6) is 11.5 Å². The summed E-state index contributed by atoms with van der Waals surface area (Å²) in [4.78, 5) is 0. The van der Waals surface area contributed by atoms with Crippen LogP contribution in [0.15, 0.2) is 48.5 Å². The summed E-state index contributed by atoms with van der Waals surface area (Å²) < 4.78 is 23.2. The zero-order valence-corrected chi connectivity index (χ0v) is 20.1. The number of hydrogen-bond acceptors (Lipinski definition) is 4. The van der Waals surface area contributed by atoms with Crippen molar-refractivity contribution >= 4 is 5.57 Å². The topological polar surface area (TPSA) is 43.5 Å². The highest BCUT2D eigenvalue weighted by atomic mass is 16.6. The van der Waals surface area contributed by atoms with Crippen LogP contribution in [0.4, 0.5) is 0 Å². The summed E-state index contributed by atoms with van der Waals surface area (Å²) in [5, 5.41) is 0. The van der Waals surface area contributed by atoms with Gasteiger partial charge >= 0.3 is 0 Å². The van der Waals surface area contributed by atoms with Crippen molar-refractivity contribution in [2.75, 3.05) is 13.2 Å². The van der Waals surface area contributed by atoms with Gasteiger partial charge in [0.05, 0.1) is 13.2 Å². The van der Waals surface area contributed by atoms with Gasteiger partial charge in [0.25, 0.3) is 0 Å². The van der Waals surface area contributed by atoms with Crippen LogP contribution in [0.2, 0.25) is 0 Å². The van der Waals surface area contributed by atoms with Crippen LogP contribution in [-0.4, -0.2) is 37.6 Å². The molecule has 5 atom stereocenters. The van der Waals surface area contributed by atoms with Gasteiger partial charge in [-0.1, -0.05) is 38.1 Å². The third-order valence-electron chi connectivity index (χ3n) is 7.23. The van der Waals surface area contributed by atoms with E-state index in [0.717, 1.165) is 50.4 Å². The zero-order valence-electron chi connectivity index (χ0n) is 20.1. The molecule has 0 amide bonds. The van der Waals surface area contributed by atoms with Gasteiger partial charge in [-0.25, -0.2) is 0 Å². The SMILES string of the molecule is CCC(Oc1ccc(C2CC=C(c3ccc(OC(CC)C4CO4)c(C)c3)CC2)cc1)C1CO1. The third-order valence-corrected chi connectivity index (χ3v) is 7.23. The fourth-order valence-electron chi connectivity index (χ4n) is 4.92. The quantitative estimate of drug-likeness (QED) is 0.391. The van der Waals surface area contributed by atoms with Crippen molar-refractivity contribution in [3.8, 4) is 11.5 Å². The summed E-state index contributed by atoms with van der Waals surface area (Å²) in [6.45, 7) is 8.11. The zero-order chi connectivity index (χ0) is 22.8. The van der Waals surface area contributed by atoms with Crippen molar-refractivity contribution in [1.29, 1.82) is 0 Å². The van der Waals surface area contributed by atoms with Gasteiger partial charge in [0.15, 0.2) is 0 Å². The van der Waals surface area contributed by atoms with Crippen molar-refractivity contribution in [3.63, 3.8) is 0 Å². The van der Waals surface area contributed by atoms with Crippen molar-refractivity contribution in [1.82, 2.24) is 0 Å². The lowest BCUT2D eigenvalue weighted by atomic mass is 9.82. The molecule has 0 bridgehead atoms. The standard InChI is InChI=1S/C29H36O4/c1-4-25(28-17-30-28)32-24-13-10-21(11-14-24)20-6-8-22(9-7-20)23-12-15-27(19(3)16-23)33-26(5-2)29-18-31-29/h8,10-16,20,25-26,28-29H,4-7,9,17-18H2,1-3H3. The average Bonchev–Trinajstić information content (AvgIpc) is 3.76. The average molecular weight is 449 g/mol. The summed E-state index contributed by atoms with van der Waals surface area (Å²) in [5.41, 5.74) is 5.38. The molecule has 33 heavy (non-hydrogen) atoms. The van der Waals surface area contributed by atoms with E-state index >= 15 is 0 Å². The van der Waals surface area contributed by atoms with E-state index in [-0.39, 0.29) is 24.4 Å². The second-order valence-corrected chi connectivity index (χ2v) is 9.62. The maximum atomic E-state index is 6.23. The van der Waals surface area contributed by atoms with Crippen LogP contribution in [0.1, 0.15) is 68.6 Å². The summed E-state index contributed by atoms with van der Waals surface area (Å²) >= 11 is 0. The van der Waals surface area contributed by atoms with E-state index in [1.807, 2.05) is 0 Å². The number of hydrogen-bond donors (Lipinski definition) is 0. The maximum Gasteiger partial charge on any atom is 0.127 e. The highest BCUT2D eigenvalue weighted by Gasteiger charge is 2.34. The van der Waals surface area contributed by atoms with Gasteiger partial charge in [-0.05, 0) is 91.5 Å². The molecule has 2 fully saturated rings. The first-order chi connectivity index (χ1) is 16.1. The van der Waals surface area contributed by atoms with Crippen LogP contribution in [0.25, 0.3) is 5.57 Å². The summed E-state index contributed by atoms with van der Waals surface area (Å²) in [5.74, 6) is 2.50. The molecule has 2 aromatic rings. The molecule has 0 N–H and O–H groups in total. The number of rotatable bonds is 10. The van der Waals surface area contributed by atoms with E-state index in [1.54, 1.807) is 0 Å². The molecule has 0 spiro atoms. The third kappa shape index (κ3) is 5.44. The van der Waals surface area contributed by atoms with E-state index in [9.17, 15) is 0 Å². The first-order valence-electron chi connectivity index (χ1n) is 12.6. The number of ether oxygens (including phenoxy) is 4. The lowest BCUT2D eigenvalue weighted by Gasteiger charge is -2.24. The molecular weight excluding hydrogens is 412 g/mol. The van der Waals surface area contributed by atoms with Gasteiger partial charge in [0.2, 0.25) is 0 Å². The van der Waals surface area contributed by atoms with Gasteiger partial charge in [-0.15, -0.1) is 0 Å². The fraction of sp³-hybridized carbons (Fsp3) is 0.517. The predicted molar refractivity (Wildman–Crippen MR) is 131 cm³/mol. The van der Waals surface area contributed by atoms with Crippen LogP contribution < -0.4 is 9.47 Å². The Morgan fingerprint density at radius 1 is 0.909 bits per heavy atom. The minimum absolute atomic E-state index is 0.163. The molecule has 0 radical (unpaired) electrons. The smallest absolute Gasteiger partial charge is 0.127 e. The highest BCUT2D eigenvalue weighted by Crippen LogP contribution is 2.38. The van der Waals surface area contributed by atoms with E-state index < -0.39 is 0 Å². The Balaban J connectivity index is 1.19. The highest BCUT2D eigenvalue weighted by molar-refractivity contribution is 5.68. The molecule has 5 rings (SSSR count). The van der Waals surface area contributed by atoms with Crippen molar-refractivity contribution in [2.24, 2.45) is 0 Å². The van der Waals surface area contributed by atoms with E-state index in [0.29, 0.717) is 5.92 Å². The lowest BCUT2D eigenvalue weighted by molar-refractivity contribution is 0.154. The molecule has 5 unspecified atom stereocenters. The monoisotopic (exact) mass is 448 g/mol. The molecule has 176 valence electrons. The summed E-state index contributed by atoms with van der Waals surface area (Å²) in [6, 6.07) is 15.4. The molecule has 0 saturated carbocycles. The second kappa shape index (κ2) is 9.90. The minimum Gasteiger partial charge on any atom is -0.488 e. The van der Waals surface area contributed by atoms with Gasteiger partial charge < -0.3 is 18.9 Å². The van der Waals surface area contributed by atoms with Crippen LogP contribution >= 0.6 is 0 Å². The van der Waals surface area contributed by atoms with Crippen molar-refractivity contribution in [2.45, 2.75) is 83.2 Å². The van der Waals surface area contributed by atoms with Gasteiger partial charge in [-0.3, -0.25) is 0 Å². The Labute approximate surface area is 197 Å². The minimum atomic E-state index is 0.163. The van der Waals surface area contributed by atoms with Crippen LogP contribution in [0.3, 0.4) is 0 Å². The number of allylic oxidation sites excluding steroid dienone is 2. The summed E-state index contributed by atoms with van der Waals surface area (Å²) in [7, 11) is 0. The predicted octanol–water partition coefficient (Wildman–Crippen LogP) is 6.46. The van der Waals surface area contributed by atoms with Gasteiger partial charge in [0, 0.05) is 0 Å². The Hall–Kier alpha value is -2.30. The van der Waals surface area contributed by atoms with E-state index in [4.69, 9.17) is 18.9 Å². The molecule has 3 aliphatic rings. The molecule has 2 heterocycles. The Morgan fingerprint density at radius 3 is 2.12 bits per heavy atom. The van der Waals surface area contributed by atoms with Crippen molar-refractivity contribution in [3.05, 3.63) is 65.2 Å². The first kappa shape index (κ1) is 22.5. The number of epoxide rings is 2. The number of benzene rings is 2. The van der Waals surface area contributed by atoms with E-state index in [2.05, 4.69) is 69.3 Å². The van der Waals surface area contributed by atoms with Crippen LogP contribution in [-0.2, 0) is 9.47 Å². The maximum absolute atomic E-state index is 6.23. The van der Waals surface area contributed by atoms with Crippen LogP contribution in [0, 0.1) is 6.92 Å². The van der Waals surface area contributed by atoms with E-state index in [1.165, 1.54) is 28.7 Å². The molecule has 4 heteroatoms. The Morgan fingerprint density at radius 2 is 1.58 bits per heavy atom. The lowest BCUT2D eigenvalue weighted by Crippen LogP contribution is -2.22. The molecule has 1 aliphatic carbocycles. The second-order valence-electron chi connectivity index (χ2n) is 9.62. The molecule has 2 aliphatic heterocycles. The van der Waals surface area contributed by atoms with Gasteiger partial charge in [0.1, 0.15) is 35.9 Å². The largest absolute Gasteiger partial charge is 0.488 e. The van der Waals surface area contributed by atoms with Crippen molar-refractivity contribution < 1.29 is 18.9 Å². The normalized spacial score (nSPS) is 25.7. The number of aryl methyl sites for hydroxylation is 1. The molecule has 0 aromatic heterocycles.